The molecule has 2 nitrogen and oxygen atoms in total. The second kappa shape index (κ2) is 3.24. The summed E-state index contributed by atoms with van der Waals surface area (Å²) in [6, 6.07) is 3.74. The number of fused-ring (bicyclic) bond motifs is 1. The zero-order valence-corrected chi connectivity index (χ0v) is 9.22. The maximum absolute atomic E-state index is 5.93. The lowest BCUT2D eigenvalue weighted by Gasteiger charge is -2.00. The standard InChI is InChI=1S/C9H6BrClN2/c1-5-12-4-6-2-8(11)7(10)3-9(6)13-5/h2-4H,1H3. The molecule has 0 atom stereocenters. The molecule has 0 bridgehead atoms. The molecule has 0 unspecified atom stereocenters. The smallest absolute Gasteiger partial charge is 0.125 e. The first-order valence-electron chi connectivity index (χ1n) is 3.75. The molecule has 1 heterocycles. The predicted molar refractivity (Wildman–Crippen MR) is 57.0 cm³/mol. The highest BCUT2D eigenvalue weighted by atomic mass is 79.9. The van der Waals surface area contributed by atoms with Gasteiger partial charge < -0.3 is 0 Å². The van der Waals surface area contributed by atoms with Gasteiger partial charge in [0.15, 0.2) is 0 Å². The summed E-state index contributed by atoms with van der Waals surface area (Å²) in [5.74, 6) is 0.765. The van der Waals surface area contributed by atoms with Crippen LogP contribution in [0.25, 0.3) is 10.9 Å². The third-order valence-corrected chi connectivity index (χ3v) is 2.94. The normalized spacial score (nSPS) is 10.7. The zero-order chi connectivity index (χ0) is 9.42. The van der Waals surface area contributed by atoms with E-state index in [9.17, 15) is 0 Å². The zero-order valence-electron chi connectivity index (χ0n) is 6.88. The third-order valence-electron chi connectivity index (χ3n) is 1.74. The van der Waals surface area contributed by atoms with E-state index < -0.39 is 0 Å². The molecule has 4 heteroatoms. The summed E-state index contributed by atoms with van der Waals surface area (Å²) in [6.07, 6.45) is 1.77. The van der Waals surface area contributed by atoms with Crippen molar-refractivity contribution in [3.05, 3.63) is 33.6 Å². The Kier molecular flexibility index (Phi) is 2.22. The Morgan fingerprint density at radius 1 is 1.38 bits per heavy atom. The van der Waals surface area contributed by atoms with Crippen LogP contribution in [-0.2, 0) is 0 Å². The number of halogens is 2. The third kappa shape index (κ3) is 1.67. The summed E-state index contributed by atoms with van der Waals surface area (Å²) >= 11 is 9.27. The molecule has 1 aromatic heterocycles. The Bertz CT molecular complexity index is 470. The van der Waals surface area contributed by atoms with Crippen molar-refractivity contribution in [1.29, 1.82) is 0 Å². The van der Waals surface area contributed by atoms with Gasteiger partial charge in [-0.25, -0.2) is 9.97 Å². The molecular formula is C9H6BrClN2. The minimum atomic E-state index is 0.681. The monoisotopic (exact) mass is 256 g/mol. The maximum atomic E-state index is 5.93. The topological polar surface area (TPSA) is 25.8 Å². The SMILES string of the molecule is Cc1ncc2cc(Cl)c(Br)cc2n1. The molecule has 0 fully saturated rings. The van der Waals surface area contributed by atoms with Crippen LogP contribution in [-0.4, -0.2) is 9.97 Å². The van der Waals surface area contributed by atoms with Crippen molar-refractivity contribution < 1.29 is 0 Å². The Morgan fingerprint density at radius 2 is 2.15 bits per heavy atom. The largest absolute Gasteiger partial charge is 0.241 e. The summed E-state index contributed by atoms with van der Waals surface area (Å²) in [5, 5.41) is 1.64. The molecule has 2 aromatic rings. The highest BCUT2D eigenvalue weighted by Gasteiger charge is 2.01. The van der Waals surface area contributed by atoms with Crippen LogP contribution < -0.4 is 0 Å². The quantitative estimate of drug-likeness (QED) is 0.723. The summed E-state index contributed by atoms with van der Waals surface area (Å²) in [4.78, 5) is 8.37. The molecule has 2 rings (SSSR count). The lowest BCUT2D eigenvalue weighted by atomic mass is 10.2. The molecule has 0 spiro atoms. The average molecular weight is 258 g/mol. The molecule has 0 radical (unpaired) electrons. The number of aromatic nitrogens is 2. The second-order valence-electron chi connectivity index (χ2n) is 2.74. The van der Waals surface area contributed by atoms with Gasteiger partial charge in [-0.1, -0.05) is 11.6 Å². The first-order chi connectivity index (χ1) is 6.16. The van der Waals surface area contributed by atoms with Crippen LogP contribution in [0.15, 0.2) is 22.8 Å². The van der Waals surface area contributed by atoms with E-state index in [2.05, 4.69) is 25.9 Å². The van der Waals surface area contributed by atoms with Gasteiger partial charge >= 0.3 is 0 Å². The Balaban J connectivity index is 2.81. The van der Waals surface area contributed by atoms with Gasteiger partial charge in [0.1, 0.15) is 5.82 Å². The number of rotatable bonds is 0. The summed E-state index contributed by atoms with van der Waals surface area (Å²) in [6.45, 7) is 1.86. The van der Waals surface area contributed by atoms with Crippen LogP contribution in [0.2, 0.25) is 5.02 Å². The number of benzene rings is 1. The lowest BCUT2D eigenvalue weighted by molar-refractivity contribution is 1.09. The van der Waals surface area contributed by atoms with Gasteiger partial charge in [-0.15, -0.1) is 0 Å². The van der Waals surface area contributed by atoms with Gasteiger partial charge in [0.25, 0.3) is 0 Å². The van der Waals surface area contributed by atoms with Gasteiger partial charge in [0.2, 0.25) is 0 Å². The molecule has 0 aliphatic carbocycles. The molecule has 66 valence electrons. The van der Waals surface area contributed by atoms with Crippen LogP contribution in [0.5, 0.6) is 0 Å². The molecule has 0 saturated heterocycles. The first-order valence-corrected chi connectivity index (χ1v) is 4.92. The molecule has 0 N–H and O–H groups in total. The number of aryl methyl sites for hydroxylation is 1. The fourth-order valence-electron chi connectivity index (χ4n) is 1.12. The van der Waals surface area contributed by atoms with Crippen molar-refractivity contribution in [3.63, 3.8) is 0 Å². The fourth-order valence-corrected chi connectivity index (χ4v) is 1.62. The molecule has 13 heavy (non-hydrogen) atoms. The molecule has 0 amide bonds. The van der Waals surface area contributed by atoms with Gasteiger partial charge in [-0.3, -0.25) is 0 Å². The maximum Gasteiger partial charge on any atom is 0.125 e. The number of hydrogen-bond acceptors (Lipinski definition) is 2. The van der Waals surface area contributed by atoms with Crippen LogP contribution >= 0.6 is 27.5 Å². The lowest BCUT2D eigenvalue weighted by Crippen LogP contribution is -1.87. The van der Waals surface area contributed by atoms with E-state index in [-0.39, 0.29) is 0 Å². The molecule has 1 aromatic carbocycles. The fraction of sp³-hybridized carbons (Fsp3) is 0.111. The number of nitrogens with zero attached hydrogens (tertiary/aromatic N) is 2. The minimum Gasteiger partial charge on any atom is -0.241 e. The van der Waals surface area contributed by atoms with Gasteiger partial charge in [-0.05, 0) is 35.0 Å². The van der Waals surface area contributed by atoms with Crippen molar-refractivity contribution in [3.8, 4) is 0 Å². The van der Waals surface area contributed by atoms with Crippen molar-refractivity contribution in [2.24, 2.45) is 0 Å². The van der Waals surface area contributed by atoms with E-state index in [0.717, 1.165) is 21.2 Å². The van der Waals surface area contributed by atoms with Crippen LogP contribution in [0.1, 0.15) is 5.82 Å². The van der Waals surface area contributed by atoms with Gasteiger partial charge in [-0.2, -0.15) is 0 Å². The van der Waals surface area contributed by atoms with E-state index in [1.807, 2.05) is 19.1 Å². The predicted octanol–water partition coefficient (Wildman–Crippen LogP) is 3.35. The Labute approximate surface area is 89.1 Å². The average Bonchev–Trinajstić information content (AvgIpc) is 2.08. The van der Waals surface area contributed by atoms with E-state index >= 15 is 0 Å². The van der Waals surface area contributed by atoms with Crippen molar-refractivity contribution in [2.45, 2.75) is 6.92 Å². The Hall–Kier alpha value is -0.670. The Morgan fingerprint density at radius 3 is 2.92 bits per heavy atom. The highest BCUT2D eigenvalue weighted by molar-refractivity contribution is 9.10. The summed E-state index contributed by atoms with van der Waals surface area (Å²) in [7, 11) is 0. The van der Waals surface area contributed by atoms with Crippen molar-refractivity contribution in [1.82, 2.24) is 9.97 Å². The molecule has 0 aliphatic rings. The van der Waals surface area contributed by atoms with E-state index in [1.165, 1.54) is 0 Å². The molecule has 0 aliphatic heterocycles. The van der Waals surface area contributed by atoms with E-state index in [4.69, 9.17) is 11.6 Å². The van der Waals surface area contributed by atoms with Crippen LogP contribution in [0, 0.1) is 6.92 Å². The first kappa shape index (κ1) is 8.91. The highest BCUT2D eigenvalue weighted by Crippen LogP contribution is 2.26. The molecular weight excluding hydrogens is 251 g/mol. The van der Waals surface area contributed by atoms with Gasteiger partial charge in [0, 0.05) is 16.1 Å². The second-order valence-corrected chi connectivity index (χ2v) is 4.00. The van der Waals surface area contributed by atoms with E-state index in [1.54, 1.807) is 6.20 Å². The van der Waals surface area contributed by atoms with E-state index in [0.29, 0.717) is 5.02 Å². The van der Waals surface area contributed by atoms with Crippen molar-refractivity contribution in [2.75, 3.05) is 0 Å². The van der Waals surface area contributed by atoms with Crippen molar-refractivity contribution >= 4 is 38.4 Å². The summed E-state index contributed by atoms with van der Waals surface area (Å²) in [5.41, 5.74) is 0.906. The van der Waals surface area contributed by atoms with Crippen LogP contribution in [0.3, 0.4) is 0 Å². The minimum absolute atomic E-state index is 0.681. The molecule has 0 saturated carbocycles. The summed E-state index contributed by atoms with van der Waals surface area (Å²) < 4.78 is 0.861. The van der Waals surface area contributed by atoms with Crippen LogP contribution in [0.4, 0.5) is 0 Å². The van der Waals surface area contributed by atoms with Gasteiger partial charge in [0.05, 0.1) is 10.5 Å². The number of hydrogen-bond donors (Lipinski definition) is 0.